The lowest BCUT2D eigenvalue weighted by atomic mass is 10.7. The molecule has 1 heterocycles. The molecule has 2 nitrogen and oxygen atoms in total. The first-order chi connectivity index (χ1) is 3.39. The van der Waals surface area contributed by atoms with Crippen LogP contribution in [-0.2, 0) is 0 Å². The van der Waals surface area contributed by atoms with Gasteiger partial charge in [0.2, 0.25) is 0 Å². The number of hydrogen-bond acceptors (Lipinski definition) is 3. The summed E-state index contributed by atoms with van der Waals surface area (Å²) < 4.78 is 0.551. The van der Waals surface area contributed by atoms with E-state index in [1.165, 1.54) is 11.3 Å². The van der Waals surface area contributed by atoms with E-state index in [4.69, 9.17) is 5.41 Å². The first-order valence-corrected chi connectivity index (χ1v) is 2.71. The molecule has 0 aromatic carbocycles. The standard InChI is InChI=1S/C4H4N2S/c5-4-1-2-6-3-7-4/h1-3,5H. The van der Waals surface area contributed by atoms with Crippen LogP contribution in [0, 0.1) is 5.41 Å². The average Bonchev–Trinajstić information content (AvgIpc) is 1.69. The van der Waals surface area contributed by atoms with E-state index in [1.807, 2.05) is 0 Å². The van der Waals surface area contributed by atoms with Crippen LogP contribution in [0.2, 0.25) is 0 Å². The Morgan fingerprint density at radius 3 is 2.86 bits per heavy atom. The third kappa shape index (κ3) is 1.08. The van der Waals surface area contributed by atoms with E-state index in [0.29, 0.717) is 4.67 Å². The van der Waals surface area contributed by atoms with Crippen LogP contribution in [0.3, 0.4) is 0 Å². The van der Waals surface area contributed by atoms with Crippen LogP contribution in [-0.4, -0.2) is 4.98 Å². The first-order valence-electron chi connectivity index (χ1n) is 1.83. The molecule has 0 aliphatic carbocycles. The molecule has 0 bridgehead atoms. The summed E-state index contributed by atoms with van der Waals surface area (Å²) in [5.74, 6) is 0. The van der Waals surface area contributed by atoms with Crippen molar-refractivity contribution in [2.24, 2.45) is 0 Å². The Bertz CT molecular complexity index is 175. The quantitative estimate of drug-likeness (QED) is 0.525. The SMILES string of the molecule is N=c1ccncs1. The van der Waals surface area contributed by atoms with Gasteiger partial charge in [0.05, 0.1) is 5.51 Å². The highest BCUT2D eigenvalue weighted by atomic mass is 32.1. The maximum atomic E-state index is 6.97. The number of nitrogens with zero attached hydrogens (tertiary/aromatic N) is 1. The summed E-state index contributed by atoms with van der Waals surface area (Å²) in [5, 5.41) is 6.97. The summed E-state index contributed by atoms with van der Waals surface area (Å²) in [4.78, 5) is 3.74. The van der Waals surface area contributed by atoms with Crippen LogP contribution >= 0.6 is 11.3 Å². The number of nitrogens with one attached hydrogen (secondary N) is 1. The van der Waals surface area contributed by atoms with Crippen LogP contribution in [0.15, 0.2) is 17.8 Å². The maximum Gasteiger partial charge on any atom is 0.110 e. The summed E-state index contributed by atoms with van der Waals surface area (Å²) in [5.41, 5.74) is 1.64. The third-order valence-electron chi connectivity index (χ3n) is 0.553. The van der Waals surface area contributed by atoms with Crippen LogP contribution in [0.25, 0.3) is 0 Å². The predicted octanol–water partition coefficient (Wildman–Crippen LogP) is 0.623. The highest BCUT2D eigenvalue weighted by Gasteiger charge is 1.68. The highest BCUT2D eigenvalue weighted by Crippen LogP contribution is 1.75. The van der Waals surface area contributed by atoms with Crippen molar-refractivity contribution in [1.29, 1.82) is 5.41 Å². The van der Waals surface area contributed by atoms with E-state index in [1.54, 1.807) is 17.8 Å². The van der Waals surface area contributed by atoms with Crippen LogP contribution < -0.4 is 4.67 Å². The smallest absolute Gasteiger partial charge is 0.110 e. The topological polar surface area (TPSA) is 36.7 Å². The van der Waals surface area contributed by atoms with Crippen molar-refractivity contribution in [3.63, 3.8) is 0 Å². The van der Waals surface area contributed by atoms with Crippen molar-refractivity contribution in [2.45, 2.75) is 0 Å². The third-order valence-corrected chi connectivity index (χ3v) is 1.17. The molecule has 0 atom stereocenters. The zero-order valence-electron chi connectivity index (χ0n) is 3.59. The fourth-order valence-electron chi connectivity index (χ4n) is 0.272. The molecule has 7 heavy (non-hydrogen) atoms. The largest absolute Gasteiger partial charge is 0.290 e. The second-order valence-electron chi connectivity index (χ2n) is 1.05. The average molecular weight is 112 g/mol. The fourth-order valence-corrected chi connectivity index (χ4v) is 0.656. The van der Waals surface area contributed by atoms with Gasteiger partial charge in [0.25, 0.3) is 0 Å². The van der Waals surface area contributed by atoms with Gasteiger partial charge in [-0.25, -0.2) is 0 Å². The summed E-state index contributed by atoms with van der Waals surface area (Å²) in [7, 11) is 0. The Morgan fingerprint density at radius 2 is 2.57 bits per heavy atom. The van der Waals surface area contributed by atoms with Crippen molar-refractivity contribution in [1.82, 2.24) is 4.98 Å². The normalized spacial score (nSPS) is 8.57. The summed E-state index contributed by atoms with van der Waals surface area (Å²) in [6.45, 7) is 0. The lowest BCUT2D eigenvalue weighted by Gasteiger charge is -1.72. The molecule has 1 N–H and O–H groups in total. The number of rotatable bonds is 0. The van der Waals surface area contributed by atoms with E-state index < -0.39 is 0 Å². The monoisotopic (exact) mass is 112 g/mol. The van der Waals surface area contributed by atoms with Gasteiger partial charge < -0.3 is 0 Å². The predicted molar refractivity (Wildman–Crippen MR) is 28.0 cm³/mol. The van der Waals surface area contributed by atoms with Crippen LogP contribution in [0.5, 0.6) is 0 Å². The Kier molecular flexibility index (Phi) is 1.17. The molecule has 0 amide bonds. The Balaban J connectivity index is 3.28. The molecule has 0 fully saturated rings. The van der Waals surface area contributed by atoms with Crippen LogP contribution in [0.4, 0.5) is 0 Å². The Labute approximate surface area is 45.0 Å². The molecule has 0 saturated carbocycles. The molecule has 36 valence electrons. The van der Waals surface area contributed by atoms with Gasteiger partial charge in [0.1, 0.15) is 4.67 Å². The molecular weight excluding hydrogens is 108 g/mol. The first kappa shape index (κ1) is 4.46. The minimum atomic E-state index is 0.551. The summed E-state index contributed by atoms with van der Waals surface area (Å²) in [6.07, 6.45) is 1.61. The van der Waals surface area contributed by atoms with Gasteiger partial charge in [-0.1, -0.05) is 0 Å². The van der Waals surface area contributed by atoms with E-state index >= 15 is 0 Å². The van der Waals surface area contributed by atoms with Gasteiger partial charge in [-0.15, -0.1) is 11.3 Å². The van der Waals surface area contributed by atoms with E-state index in [0.717, 1.165) is 0 Å². The lowest BCUT2D eigenvalue weighted by molar-refractivity contribution is 1.30. The minimum absolute atomic E-state index is 0.551. The van der Waals surface area contributed by atoms with E-state index in [-0.39, 0.29) is 0 Å². The zero-order chi connectivity index (χ0) is 5.11. The van der Waals surface area contributed by atoms with Gasteiger partial charge in [-0.05, 0) is 6.07 Å². The fraction of sp³-hybridized carbons (Fsp3) is 0. The Hall–Kier alpha value is -0.700. The zero-order valence-corrected chi connectivity index (χ0v) is 4.40. The van der Waals surface area contributed by atoms with Gasteiger partial charge >= 0.3 is 0 Å². The molecule has 1 aromatic heterocycles. The van der Waals surface area contributed by atoms with E-state index in [9.17, 15) is 0 Å². The molecule has 1 rings (SSSR count). The van der Waals surface area contributed by atoms with Crippen molar-refractivity contribution < 1.29 is 0 Å². The minimum Gasteiger partial charge on any atom is -0.290 e. The Morgan fingerprint density at radius 1 is 1.71 bits per heavy atom. The number of aromatic nitrogens is 1. The van der Waals surface area contributed by atoms with Crippen molar-refractivity contribution in [2.75, 3.05) is 0 Å². The van der Waals surface area contributed by atoms with Crippen LogP contribution in [0.1, 0.15) is 0 Å². The number of hydrogen-bond donors (Lipinski definition) is 1. The molecule has 0 aliphatic heterocycles. The second-order valence-corrected chi connectivity index (χ2v) is 1.94. The van der Waals surface area contributed by atoms with Gasteiger partial charge in [-0.3, -0.25) is 10.4 Å². The highest BCUT2D eigenvalue weighted by molar-refractivity contribution is 7.06. The molecule has 0 spiro atoms. The van der Waals surface area contributed by atoms with Crippen molar-refractivity contribution in [3.8, 4) is 0 Å². The maximum absolute atomic E-state index is 6.97. The van der Waals surface area contributed by atoms with Crippen molar-refractivity contribution in [3.05, 3.63) is 22.4 Å². The van der Waals surface area contributed by atoms with Gasteiger partial charge in [0, 0.05) is 6.20 Å². The summed E-state index contributed by atoms with van der Waals surface area (Å²) in [6, 6.07) is 1.66. The van der Waals surface area contributed by atoms with Crippen molar-refractivity contribution >= 4 is 11.3 Å². The molecule has 1 aromatic rings. The van der Waals surface area contributed by atoms with Gasteiger partial charge in [0.15, 0.2) is 0 Å². The molecule has 0 radical (unpaired) electrons. The molecule has 0 aliphatic rings. The molecule has 0 saturated heterocycles. The molecular formula is C4H4N2S. The molecule has 0 unspecified atom stereocenters. The van der Waals surface area contributed by atoms with Gasteiger partial charge in [-0.2, -0.15) is 0 Å². The summed E-state index contributed by atoms with van der Waals surface area (Å²) >= 11 is 1.32. The van der Waals surface area contributed by atoms with E-state index in [2.05, 4.69) is 4.98 Å². The molecule has 3 heteroatoms. The lowest BCUT2D eigenvalue weighted by Crippen LogP contribution is -1.87. The second kappa shape index (κ2) is 1.84.